The Kier molecular flexibility index (Phi) is 3.99. The van der Waals surface area contributed by atoms with Crippen LogP contribution in [-0.4, -0.2) is 27.1 Å². The van der Waals surface area contributed by atoms with Crippen LogP contribution in [0, 0.1) is 6.92 Å². The maximum absolute atomic E-state index is 11.1. The molecule has 0 saturated carbocycles. The van der Waals surface area contributed by atoms with Crippen LogP contribution in [-0.2, 0) is 0 Å². The molecule has 3 N–H and O–H groups in total. The quantitative estimate of drug-likeness (QED) is 0.753. The number of aromatic nitrogens is 2. The van der Waals surface area contributed by atoms with Gasteiger partial charge in [-0.15, -0.1) is 0 Å². The second kappa shape index (κ2) is 5.54. The summed E-state index contributed by atoms with van der Waals surface area (Å²) in [5.41, 5.74) is 3.17. The van der Waals surface area contributed by atoms with Gasteiger partial charge >= 0.3 is 5.97 Å². The fourth-order valence-corrected chi connectivity index (χ4v) is 2.16. The third kappa shape index (κ3) is 2.93. The Morgan fingerprint density at radius 2 is 2.15 bits per heavy atom. The number of aromatic amines is 1. The number of hydrogen-bond donors (Lipinski definition) is 3. The first-order valence-corrected chi connectivity index (χ1v) is 6.61. The second-order valence-electron chi connectivity index (χ2n) is 4.88. The molecule has 0 aromatic carbocycles. The molecule has 0 aliphatic heterocycles. The molecule has 106 valence electrons. The Morgan fingerprint density at radius 1 is 1.45 bits per heavy atom. The first-order chi connectivity index (χ1) is 9.38. The van der Waals surface area contributed by atoms with Gasteiger partial charge in [-0.25, -0.2) is 9.78 Å². The van der Waals surface area contributed by atoms with E-state index in [0.29, 0.717) is 16.5 Å². The normalized spacial score (nSPS) is 10.8. The first kappa shape index (κ1) is 14.4. The van der Waals surface area contributed by atoms with Crippen molar-refractivity contribution in [3.05, 3.63) is 34.7 Å². The largest absolute Gasteiger partial charge is 0.478 e. The molecule has 0 bridgehead atoms. The zero-order valence-electron chi connectivity index (χ0n) is 11.5. The molecule has 0 spiro atoms. The highest BCUT2D eigenvalue weighted by atomic mass is 35.5. The Hall–Kier alpha value is -2.01. The molecule has 2 rings (SSSR count). The van der Waals surface area contributed by atoms with Gasteiger partial charge in [-0.2, -0.15) is 0 Å². The molecule has 0 atom stereocenters. The number of halogens is 1. The fraction of sp³-hybridized carbons (Fsp3) is 0.286. The smallest absolute Gasteiger partial charge is 0.337 e. The van der Waals surface area contributed by atoms with Gasteiger partial charge in [0.15, 0.2) is 0 Å². The molecule has 0 unspecified atom stereocenters. The number of carbonyl (C=O) groups is 1. The molecule has 2 heterocycles. The van der Waals surface area contributed by atoms with E-state index in [-0.39, 0.29) is 11.6 Å². The molecule has 20 heavy (non-hydrogen) atoms. The monoisotopic (exact) mass is 293 g/mol. The Labute approximate surface area is 122 Å². The lowest BCUT2D eigenvalue weighted by Gasteiger charge is -2.14. The van der Waals surface area contributed by atoms with Crippen LogP contribution >= 0.6 is 11.6 Å². The number of nitrogens with one attached hydrogen (secondary N) is 2. The van der Waals surface area contributed by atoms with Crippen molar-refractivity contribution < 1.29 is 9.90 Å². The van der Waals surface area contributed by atoms with Gasteiger partial charge in [0.1, 0.15) is 5.15 Å². The topological polar surface area (TPSA) is 78.0 Å². The van der Waals surface area contributed by atoms with Crippen molar-refractivity contribution in [2.45, 2.75) is 26.8 Å². The van der Waals surface area contributed by atoms with Crippen molar-refractivity contribution in [1.82, 2.24) is 9.97 Å². The maximum atomic E-state index is 11.1. The molecular weight excluding hydrogens is 278 g/mol. The van der Waals surface area contributed by atoms with E-state index in [0.717, 1.165) is 11.3 Å². The van der Waals surface area contributed by atoms with Crippen LogP contribution in [0.5, 0.6) is 0 Å². The molecule has 2 aromatic rings. The summed E-state index contributed by atoms with van der Waals surface area (Å²) in [6.45, 7) is 5.76. The van der Waals surface area contributed by atoms with Crippen molar-refractivity contribution in [3.8, 4) is 11.3 Å². The van der Waals surface area contributed by atoms with Crippen molar-refractivity contribution >= 4 is 23.3 Å². The first-order valence-electron chi connectivity index (χ1n) is 6.24. The lowest BCUT2D eigenvalue weighted by Crippen LogP contribution is -2.10. The highest BCUT2D eigenvalue weighted by Crippen LogP contribution is 2.30. The lowest BCUT2D eigenvalue weighted by molar-refractivity contribution is 0.0696. The third-order valence-electron chi connectivity index (χ3n) is 2.85. The third-order valence-corrected chi connectivity index (χ3v) is 3.06. The zero-order valence-corrected chi connectivity index (χ0v) is 12.2. The average Bonchev–Trinajstić information content (AvgIpc) is 2.70. The number of nitrogens with zero attached hydrogens (tertiary/aromatic N) is 1. The molecular formula is C14H16ClN3O2. The molecule has 0 saturated heterocycles. The van der Waals surface area contributed by atoms with Gasteiger partial charge in [-0.05, 0) is 32.9 Å². The number of carboxylic acid groups (broad SMARTS) is 1. The van der Waals surface area contributed by atoms with E-state index >= 15 is 0 Å². The van der Waals surface area contributed by atoms with Crippen molar-refractivity contribution in [2.75, 3.05) is 5.32 Å². The Balaban J connectivity index is 2.51. The summed E-state index contributed by atoms with van der Waals surface area (Å²) < 4.78 is 0. The Bertz CT molecular complexity index is 650. The van der Waals surface area contributed by atoms with Crippen molar-refractivity contribution in [3.63, 3.8) is 0 Å². The number of H-pyrrole nitrogens is 1. The summed E-state index contributed by atoms with van der Waals surface area (Å²) in [5.74, 6) is -0.953. The van der Waals surface area contributed by atoms with Gasteiger partial charge < -0.3 is 15.4 Å². The number of hydrogen-bond acceptors (Lipinski definition) is 3. The van der Waals surface area contributed by atoms with Crippen molar-refractivity contribution in [1.29, 1.82) is 0 Å². The molecule has 5 nitrogen and oxygen atoms in total. The van der Waals surface area contributed by atoms with E-state index in [4.69, 9.17) is 16.7 Å². The van der Waals surface area contributed by atoms with E-state index in [2.05, 4.69) is 15.3 Å². The fourth-order valence-electron chi connectivity index (χ4n) is 2.00. The van der Waals surface area contributed by atoms with Crippen LogP contribution in [0.4, 0.5) is 5.69 Å². The molecule has 2 aromatic heterocycles. The summed E-state index contributed by atoms with van der Waals surface area (Å²) >= 11 is 5.92. The van der Waals surface area contributed by atoms with Crippen LogP contribution in [0.3, 0.4) is 0 Å². The van der Waals surface area contributed by atoms with Crippen LogP contribution in [0.15, 0.2) is 18.3 Å². The summed E-state index contributed by atoms with van der Waals surface area (Å²) in [6, 6.07) is 3.56. The maximum Gasteiger partial charge on any atom is 0.337 e. The zero-order chi connectivity index (χ0) is 14.9. The van der Waals surface area contributed by atoms with Gasteiger partial charge in [0.05, 0.1) is 11.3 Å². The predicted molar refractivity (Wildman–Crippen MR) is 79.5 cm³/mol. The van der Waals surface area contributed by atoms with Gasteiger partial charge in [0, 0.05) is 29.2 Å². The minimum Gasteiger partial charge on any atom is -0.478 e. The molecule has 0 amide bonds. The highest BCUT2D eigenvalue weighted by Gasteiger charge is 2.15. The Morgan fingerprint density at radius 3 is 2.70 bits per heavy atom. The van der Waals surface area contributed by atoms with Gasteiger partial charge in [0.2, 0.25) is 0 Å². The number of aromatic carboxylic acids is 1. The van der Waals surface area contributed by atoms with E-state index in [1.165, 1.54) is 0 Å². The average molecular weight is 294 g/mol. The molecule has 0 aliphatic carbocycles. The van der Waals surface area contributed by atoms with E-state index in [9.17, 15) is 4.79 Å². The molecule has 6 heteroatoms. The van der Waals surface area contributed by atoms with Gasteiger partial charge in [0.25, 0.3) is 0 Å². The SMILES string of the molecule is Cc1[nH]c(-c2cnc(Cl)cc2NC(C)C)cc1C(=O)O. The molecule has 0 aliphatic rings. The number of aryl methyl sites for hydroxylation is 1. The lowest BCUT2D eigenvalue weighted by atomic mass is 10.1. The summed E-state index contributed by atoms with van der Waals surface area (Å²) in [6.07, 6.45) is 1.63. The number of carboxylic acids is 1. The minimum atomic E-state index is -0.953. The number of pyridine rings is 1. The summed E-state index contributed by atoms with van der Waals surface area (Å²) in [4.78, 5) is 18.2. The van der Waals surface area contributed by atoms with E-state index in [1.54, 1.807) is 25.3 Å². The van der Waals surface area contributed by atoms with Crippen LogP contribution in [0.2, 0.25) is 5.15 Å². The van der Waals surface area contributed by atoms with Gasteiger partial charge in [-0.1, -0.05) is 11.6 Å². The molecule has 0 fully saturated rings. The van der Waals surface area contributed by atoms with Gasteiger partial charge in [-0.3, -0.25) is 0 Å². The standard InChI is InChI=1S/C14H16ClN3O2/c1-7(2)17-12-5-13(15)16-6-10(12)11-4-9(14(19)20)8(3)18-11/h4-7,18H,1-3H3,(H,16,17)(H,19,20). The van der Waals surface area contributed by atoms with Crippen LogP contribution < -0.4 is 5.32 Å². The number of rotatable bonds is 4. The van der Waals surface area contributed by atoms with Crippen LogP contribution in [0.25, 0.3) is 11.3 Å². The van der Waals surface area contributed by atoms with E-state index in [1.807, 2.05) is 13.8 Å². The minimum absolute atomic E-state index is 0.224. The van der Waals surface area contributed by atoms with Crippen LogP contribution in [0.1, 0.15) is 29.9 Å². The summed E-state index contributed by atoms with van der Waals surface area (Å²) in [5, 5.41) is 12.8. The van der Waals surface area contributed by atoms with E-state index < -0.39 is 5.97 Å². The highest BCUT2D eigenvalue weighted by molar-refractivity contribution is 6.29. The van der Waals surface area contributed by atoms with Crippen molar-refractivity contribution in [2.24, 2.45) is 0 Å². The summed E-state index contributed by atoms with van der Waals surface area (Å²) in [7, 11) is 0. The predicted octanol–water partition coefficient (Wildman–Crippen LogP) is 3.56. The number of anilines is 1. The second-order valence-corrected chi connectivity index (χ2v) is 5.27. The molecule has 0 radical (unpaired) electrons.